The third-order valence-corrected chi connectivity index (χ3v) is 2.99. The van der Waals surface area contributed by atoms with Crippen molar-refractivity contribution in [1.29, 1.82) is 5.41 Å². The van der Waals surface area contributed by atoms with E-state index in [-0.39, 0.29) is 17.6 Å². The Balaban J connectivity index is 2.08. The van der Waals surface area contributed by atoms with E-state index in [0.29, 0.717) is 13.0 Å². The first-order valence-electron chi connectivity index (χ1n) is 5.75. The zero-order valence-electron chi connectivity index (χ0n) is 9.82. The van der Waals surface area contributed by atoms with Crippen LogP contribution in [0.25, 0.3) is 0 Å². The van der Waals surface area contributed by atoms with E-state index in [0.717, 1.165) is 6.42 Å². The van der Waals surface area contributed by atoms with Gasteiger partial charge in [-0.15, -0.1) is 0 Å². The smallest absolute Gasteiger partial charge is 0.322 e. The summed E-state index contributed by atoms with van der Waals surface area (Å²) in [6.07, 6.45) is 1.48. The second-order valence-corrected chi connectivity index (χ2v) is 4.22. The first-order valence-corrected chi connectivity index (χ1v) is 5.75. The van der Waals surface area contributed by atoms with E-state index in [1.165, 1.54) is 17.0 Å². The molecule has 0 aliphatic carbocycles. The van der Waals surface area contributed by atoms with Crippen LogP contribution in [-0.2, 0) is 0 Å². The van der Waals surface area contributed by atoms with Crippen LogP contribution in [0.15, 0.2) is 24.3 Å². The van der Waals surface area contributed by atoms with Gasteiger partial charge in [-0.25, -0.2) is 9.18 Å². The van der Waals surface area contributed by atoms with Crippen LogP contribution in [0.2, 0.25) is 0 Å². The molecule has 0 aromatic heterocycles. The Morgan fingerprint density at radius 3 is 2.89 bits per heavy atom. The molecule has 2 amide bonds. The fraction of sp³-hybridized carbons (Fsp3) is 0.333. The van der Waals surface area contributed by atoms with Gasteiger partial charge in [0, 0.05) is 6.54 Å². The summed E-state index contributed by atoms with van der Waals surface area (Å²) < 4.78 is 13.4. The van der Waals surface area contributed by atoms with Crippen LogP contribution in [0.3, 0.4) is 0 Å². The first kappa shape index (κ1) is 12.3. The number of nitrogens with zero attached hydrogens (tertiary/aromatic N) is 1. The van der Waals surface area contributed by atoms with Gasteiger partial charge in [-0.1, -0.05) is 12.1 Å². The predicted octanol–water partition coefficient (Wildman–Crippen LogP) is 1.76. The number of carbonyl (C=O) groups excluding carboxylic acids is 1. The molecule has 0 spiro atoms. The van der Waals surface area contributed by atoms with Gasteiger partial charge in [0.25, 0.3) is 0 Å². The monoisotopic (exact) mass is 250 g/mol. The summed E-state index contributed by atoms with van der Waals surface area (Å²) in [6.45, 7) is 0.532. The third kappa shape index (κ3) is 2.42. The molecule has 1 heterocycles. The number of nitrogens with one attached hydrogen (secondary N) is 2. The van der Waals surface area contributed by atoms with Gasteiger partial charge in [0.05, 0.1) is 11.7 Å². The highest BCUT2D eigenvalue weighted by Crippen LogP contribution is 2.19. The molecule has 0 bridgehead atoms. The standard InChI is InChI=1S/C12H15FN4O/c13-8-4-1-2-5-9(8)16-12(18)17-7-3-6-10(17)11(14)15/h1-2,4-5,10H,3,6-7H2,(H3,14,15)(H,16,18). The van der Waals surface area contributed by atoms with Crippen LogP contribution in [0, 0.1) is 11.2 Å². The highest BCUT2D eigenvalue weighted by molar-refractivity contribution is 5.94. The Hall–Kier alpha value is -2.11. The number of anilines is 1. The molecule has 1 atom stereocenters. The van der Waals surface area contributed by atoms with Crippen LogP contribution >= 0.6 is 0 Å². The highest BCUT2D eigenvalue weighted by Gasteiger charge is 2.31. The predicted molar refractivity (Wildman–Crippen MR) is 67.1 cm³/mol. The lowest BCUT2D eigenvalue weighted by Gasteiger charge is -2.23. The number of nitrogens with two attached hydrogens (primary N) is 1. The maximum atomic E-state index is 13.4. The molecule has 1 aliphatic heterocycles. The van der Waals surface area contributed by atoms with Crippen molar-refractivity contribution in [3.63, 3.8) is 0 Å². The molecule has 6 heteroatoms. The molecule has 0 radical (unpaired) electrons. The number of amides is 2. The Morgan fingerprint density at radius 1 is 1.50 bits per heavy atom. The van der Waals surface area contributed by atoms with Gasteiger partial charge in [0.15, 0.2) is 0 Å². The minimum absolute atomic E-state index is 0.0313. The second-order valence-electron chi connectivity index (χ2n) is 4.22. The number of likely N-dealkylation sites (tertiary alicyclic amines) is 1. The summed E-state index contributed by atoms with van der Waals surface area (Å²) in [4.78, 5) is 13.4. The van der Waals surface area contributed by atoms with Crippen molar-refractivity contribution < 1.29 is 9.18 Å². The number of para-hydroxylation sites is 1. The Bertz CT molecular complexity index is 477. The number of carbonyl (C=O) groups is 1. The van der Waals surface area contributed by atoms with Gasteiger partial charge in [0.1, 0.15) is 11.7 Å². The first-order chi connectivity index (χ1) is 8.59. The van der Waals surface area contributed by atoms with Crippen LogP contribution in [0.5, 0.6) is 0 Å². The normalized spacial score (nSPS) is 18.7. The molecular weight excluding hydrogens is 235 g/mol. The number of benzene rings is 1. The second kappa shape index (κ2) is 5.03. The number of halogens is 1. The Kier molecular flexibility index (Phi) is 3.45. The third-order valence-electron chi connectivity index (χ3n) is 2.99. The number of amidine groups is 1. The van der Waals surface area contributed by atoms with Gasteiger partial charge < -0.3 is 16.0 Å². The topological polar surface area (TPSA) is 82.2 Å². The molecule has 2 rings (SSSR count). The fourth-order valence-electron chi connectivity index (χ4n) is 2.08. The van der Waals surface area contributed by atoms with E-state index < -0.39 is 11.8 Å². The van der Waals surface area contributed by atoms with Crippen molar-refractivity contribution in [1.82, 2.24) is 4.90 Å². The molecule has 5 nitrogen and oxygen atoms in total. The van der Waals surface area contributed by atoms with Crippen molar-refractivity contribution in [2.45, 2.75) is 18.9 Å². The van der Waals surface area contributed by atoms with E-state index in [4.69, 9.17) is 11.1 Å². The quantitative estimate of drug-likeness (QED) is 0.552. The molecule has 4 N–H and O–H groups in total. The number of urea groups is 1. The molecule has 1 aliphatic rings. The molecule has 0 saturated carbocycles. The lowest BCUT2D eigenvalue weighted by molar-refractivity contribution is 0.216. The van der Waals surface area contributed by atoms with E-state index in [1.807, 2.05) is 0 Å². The lowest BCUT2D eigenvalue weighted by atomic mass is 10.2. The molecule has 1 fully saturated rings. The summed E-state index contributed by atoms with van der Waals surface area (Å²) in [5.41, 5.74) is 5.57. The zero-order chi connectivity index (χ0) is 13.1. The largest absolute Gasteiger partial charge is 0.386 e. The van der Waals surface area contributed by atoms with Crippen LogP contribution in [0.1, 0.15) is 12.8 Å². The van der Waals surface area contributed by atoms with E-state index in [2.05, 4.69) is 5.32 Å². The maximum absolute atomic E-state index is 13.4. The van der Waals surface area contributed by atoms with Crippen molar-refractivity contribution in [2.24, 2.45) is 5.73 Å². The molecule has 1 aromatic carbocycles. The summed E-state index contributed by atoms with van der Waals surface area (Å²) in [5.74, 6) is -0.513. The summed E-state index contributed by atoms with van der Waals surface area (Å²) in [7, 11) is 0. The molecule has 1 aromatic rings. The minimum atomic E-state index is -0.482. The SMILES string of the molecule is N=C(N)C1CCCN1C(=O)Nc1ccccc1F. The molecule has 1 saturated heterocycles. The number of hydrogen-bond acceptors (Lipinski definition) is 2. The highest BCUT2D eigenvalue weighted by atomic mass is 19.1. The van der Waals surface area contributed by atoms with Gasteiger partial charge >= 0.3 is 6.03 Å². The molecule has 96 valence electrons. The van der Waals surface area contributed by atoms with Gasteiger partial charge in [-0.05, 0) is 25.0 Å². The average molecular weight is 250 g/mol. The van der Waals surface area contributed by atoms with E-state index >= 15 is 0 Å². The van der Waals surface area contributed by atoms with Gasteiger partial charge in [-0.3, -0.25) is 5.41 Å². The van der Waals surface area contributed by atoms with Crippen LogP contribution in [0.4, 0.5) is 14.9 Å². The lowest BCUT2D eigenvalue weighted by Crippen LogP contribution is -2.45. The summed E-state index contributed by atoms with van der Waals surface area (Å²) >= 11 is 0. The van der Waals surface area contributed by atoms with Crippen molar-refractivity contribution in [3.05, 3.63) is 30.1 Å². The van der Waals surface area contributed by atoms with E-state index in [9.17, 15) is 9.18 Å². The summed E-state index contributed by atoms with van der Waals surface area (Å²) in [5, 5.41) is 9.92. The van der Waals surface area contributed by atoms with Crippen LogP contribution in [-0.4, -0.2) is 29.4 Å². The van der Waals surface area contributed by atoms with E-state index in [1.54, 1.807) is 12.1 Å². The van der Waals surface area contributed by atoms with Gasteiger partial charge in [-0.2, -0.15) is 0 Å². The molecular formula is C12H15FN4O. The number of hydrogen-bond donors (Lipinski definition) is 3. The van der Waals surface area contributed by atoms with Crippen molar-refractivity contribution in [2.75, 3.05) is 11.9 Å². The van der Waals surface area contributed by atoms with Crippen LogP contribution < -0.4 is 11.1 Å². The zero-order valence-corrected chi connectivity index (χ0v) is 9.82. The van der Waals surface area contributed by atoms with Gasteiger partial charge in [0.2, 0.25) is 0 Å². The summed E-state index contributed by atoms with van der Waals surface area (Å²) in [6, 6.07) is 5.17. The molecule has 1 unspecified atom stereocenters. The van der Waals surface area contributed by atoms with Crippen molar-refractivity contribution in [3.8, 4) is 0 Å². The maximum Gasteiger partial charge on any atom is 0.322 e. The Labute approximate surface area is 104 Å². The minimum Gasteiger partial charge on any atom is -0.386 e. The number of rotatable bonds is 2. The Morgan fingerprint density at radius 2 is 2.22 bits per heavy atom. The fourth-order valence-corrected chi connectivity index (χ4v) is 2.08. The average Bonchev–Trinajstić information content (AvgIpc) is 2.81. The molecule has 18 heavy (non-hydrogen) atoms. The van der Waals surface area contributed by atoms with Crippen molar-refractivity contribution >= 4 is 17.6 Å².